The van der Waals surface area contributed by atoms with Gasteiger partial charge in [0.25, 0.3) is 0 Å². The monoisotopic (exact) mass is 396 g/mol. The molecule has 0 aliphatic heterocycles. The zero-order valence-electron chi connectivity index (χ0n) is 10.8. The number of halogens is 1. The highest BCUT2D eigenvalue weighted by atomic mass is 127. The van der Waals surface area contributed by atoms with Crippen molar-refractivity contribution in [3.8, 4) is 11.8 Å². The summed E-state index contributed by atoms with van der Waals surface area (Å²) in [5, 5.41) is 18.6. The van der Waals surface area contributed by atoms with Crippen LogP contribution in [0.1, 0.15) is 25.7 Å². The van der Waals surface area contributed by atoms with E-state index in [0.717, 1.165) is 0 Å². The third-order valence-electron chi connectivity index (χ3n) is 2.68. The third kappa shape index (κ3) is 5.00. The number of unbranched alkanes of at least 4 members (excludes halogenated alkanes) is 1. The van der Waals surface area contributed by atoms with E-state index in [4.69, 9.17) is 10.6 Å². The van der Waals surface area contributed by atoms with Gasteiger partial charge in [-0.05, 0) is 12.8 Å². The summed E-state index contributed by atoms with van der Waals surface area (Å²) in [4.78, 5) is 27.5. The van der Waals surface area contributed by atoms with Crippen molar-refractivity contribution in [2.45, 2.75) is 31.7 Å². The Balaban J connectivity index is 2.26. The minimum Gasteiger partial charge on any atom is -0.492 e. The van der Waals surface area contributed by atoms with Crippen LogP contribution in [0.15, 0.2) is 12.1 Å². The third-order valence-corrected chi connectivity index (χ3v) is 3.43. The standard InChI is InChI=1S/C12H17IN2O5/c13-7-9(16)8(14)3-1-2-4-12(19)20-15-10(17)5-6-11(15)18/h5-6,8,17-18H,1-4,7,14H2. The van der Waals surface area contributed by atoms with Gasteiger partial charge in [-0.25, -0.2) is 4.79 Å². The molecular formula is C12H17IN2O5. The first kappa shape index (κ1) is 16.8. The lowest BCUT2D eigenvalue weighted by atomic mass is 10.1. The van der Waals surface area contributed by atoms with E-state index >= 15 is 0 Å². The number of carbonyl (C=O) groups excluding carboxylic acids is 2. The number of aromatic nitrogens is 1. The number of alkyl halides is 1. The van der Waals surface area contributed by atoms with E-state index in [1.54, 1.807) is 0 Å². The summed E-state index contributed by atoms with van der Waals surface area (Å²) in [6.45, 7) is 0. The number of carbonyl (C=O) groups is 2. The van der Waals surface area contributed by atoms with Crippen LogP contribution in [0.5, 0.6) is 11.8 Å². The molecule has 0 fully saturated rings. The maximum absolute atomic E-state index is 11.5. The van der Waals surface area contributed by atoms with Gasteiger partial charge in [-0.15, -0.1) is 4.73 Å². The zero-order chi connectivity index (χ0) is 15.1. The molecule has 0 saturated heterocycles. The lowest BCUT2D eigenvalue weighted by molar-refractivity contribution is -0.145. The van der Waals surface area contributed by atoms with Gasteiger partial charge in [0.2, 0.25) is 11.8 Å². The molecule has 1 rings (SSSR count). The van der Waals surface area contributed by atoms with E-state index in [-0.39, 0.29) is 24.0 Å². The Bertz CT molecular complexity index is 455. The second-order valence-corrected chi connectivity index (χ2v) is 5.02. The van der Waals surface area contributed by atoms with Crippen molar-refractivity contribution in [2.24, 2.45) is 5.73 Å². The topological polar surface area (TPSA) is 115 Å². The molecule has 7 nitrogen and oxygen atoms in total. The normalized spacial score (nSPS) is 12.1. The Kier molecular flexibility index (Phi) is 6.79. The zero-order valence-corrected chi connectivity index (χ0v) is 12.9. The number of ketones is 1. The summed E-state index contributed by atoms with van der Waals surface area (Å²) in [6, 6.07) is 1.93. The number of Topliss-reactive ketones (excluding diaryl/α,β-unsaturated/α-hetero) is 1. The largest absolute Gasteiger partial charge is 0.492 e. The fourth-order valence-corrected chi connectivity index (χ4v) is 2.10. The molecular weight excluding hydrogens is 379 g/mol. The van der Waals surface area contributed by atoms with Crippen LogP contribution in [-0.2, 0) is 9.59 Å². The molecule has 8 heteroatoms. The fourth-order valence-electron chi connectivity index (χ4n) is 1.54. The average molecular weight is 396 g/mol. The Labute approximate surface area is 129 Å². The van der Waals surface area contributed by atoms with Crippen molar-refractivity contribution < 1.29 is 24.6 Å². The molecule has 0 radical (unpaired) electrons. The molecule has 20 heavy (non-hydrogen) atoms. The molecule has 1 aromatic heterocycles. The maximum atomic E-state index is 11.5. The summed E-state index contributed by atoms with van der Waals surface area (Å²) in [5.74, 6) is -1.30. The average Bonchev–Trinajstić information content (AvgIpc) is 2.74. The van der Waals surface area contributed by atoms with Gasteiger partial charge in [-0.1, -0.05) is 29.0 Å². The highest BCUT2D eigenvalue weighted by molar-refractivity contribution is 14.1. The first-order chi connectivity index (χ1) is 9.45. The van der Waals surface area contributed by atoms with Crippen molar-refractivity contribution in [3.05, 3.63) is 12.1 Å². The molecule has 1 heterocycles. The van der Waals surface area contributed by atoms with Gasteiger partial charge in [-0.3, -0.25) is 4.79 Å². The molecule has 0 bridgehead atoms. The smallest absolute Gasteiger partial charge is 0.333 e. The van der Waals surface area contributed by atoms with Crippen LogP contribution in [-0.4, -0.2) is 37.2 Å². The Morgan fingerprint density at radius 3 is 2.45 bits per heavy atom. The van der Waals surface area contributed by atoms with E-state index in [9.17, 15) is 19.8 Å². The number of hydrogen-bond acceptors (Lipinski definition) is 6. The van der Waals surface area contributed by atoms with Crippen molar-refractivity contribution in [3.63, 3.8) is 0 Å². The van der Waals surface area contributed by atoms with E-state index in [2.05, 4.69) is 0 Å². The van der Waals surface area contributed by atoms with Crippen molar-refractivity contribution >= 4 is 34.3 Å². The minimum absolute atomic E-state index is 0.00429. The summed E-state index contributed by atoms with van der Waals surface area (Å²) >= 11 is 1.96. The van der Waals surface area contributed by atoms with Gasteiger partial charge in [0.1, 0.15) is 0 Å². The summed E-state index contributed by atoms with van der Waals surface area (Å²) in [5.41, 5.74) is 5.65. The molecule has 1 atom stereocenters. The number of nitrogens with two attached hydrogens (primary N) is 1. The molecule has 0 spiro atoms. The molecule has 112 valence electrons. The lowest BCUT2D eigenvalue weighted by Gasteiger charge is -2.09. The van der Waals surface area contributed by atoms with E-state index < -0.39 is 12.0 Å². The number of aromatic hydroxyl groups is 2. The van der Waals surface area contributed by atoms with E-state index in [1.165, 1.54) is 12.1 Å². The predicted molar refractivity (Wildman–Crippen MR) is 79.7 cm³/mol. The maximum Gasteiger partial charge on any atom is 0.333 e. The Morgan fingerprint density at radius 2 is 1.90 bits per heavy atom. The second kappa shape index (κ2) is 8.10. The van der Waals surface area contributed by atoms with Crippen LogP contribution in [0.4, 0.5) is 0 Å². The van der Waals surface area contributed by atoms with Crippen molar-refractivity contribution in [1.82, 2.24) is 4.73 Å². The molecule has 4 N–H and O–H groups in total. The summed E-state index contributed by atoms with van der Waals surface area (Å²) in [6.07, 6.45) is 1.78. The molecule has 1 unspecified atom stereocenters. The molecule has 0 aliphatic carbocycles. The highest BCUT2D eigenvalue weighted by Gasteiger charge is 2.14. The summed E-state index contributed by atoms with van der Waals surface area (Å²) < 4.78 is 1.03. The number of rotatable bonds is 8. The second-order valence-electron chi connectivity index (χ2n) is 4.26. The highest BCUT2D eigenvalue weighted by Crippen LogP contribution is 2.19. The number of nitrogens with zero attached hydrogens (tertiary/aromatic N) is 1. The molecule has 0 aromatic carbocycles. The van der Waals surface area contributed by atoms with Gasteiger partial charge < -0.3 is 20.8 Å². The van der Waals surface area contributed by atoms with Gasteiger partial charge in [0.05, 0.1) is 10.5 Å². The molecule has 0 aliphatic rings. The van der Waals surface area contributed by atoms with Gasteiger partial charge >= 0.3 is 5.97 Å². The minimum atomic E-state index is -0.583. The first-order valence-corrected chi connectivity index (χ1v) is 7.63. The van der Waals surface area contributed by atoms with Crippen molar-refractivity contribution in [2.75, 3.05) is 4.43 Å². The van der Waals surface area contributed by atoms with Crippen LogP contribution >= 0.6 is 22.6 Å². The van der Waals surface area contributed by atoms with Crippen LogP contribution in [0.25, 0.3) is 0 Å². The van der Waals surface area contributed by atoms with Crippen LogP contribution in [0, 0.1) is 0 Å². The van der Waals surface area contributed by atoms with Gasteiger partial charge in [0.15, 0.2) is 5.78 Å². The van der Waals surface area contributed by atoms with Crippen LogP contribution in [0.3, 0.4) is 0 Å². The molecule has 1 aromatic rings. The predicted octanol–water partition coefficient (Wildman–Crippen LogP) is 0.746. The van der Waals surface area contributed by atoms with Crippen LogP contribution in [0.2, 0.25) is 0 Å². The fraction of sp³-hybridized carbons (Fsp3) is 0.500. The summed E-state index contributed by atoms with van der Waals surface area (Å²) in [7, 11) is 0. The SMILES string of the molecule is NC(CCCCC(=O)On1c(O)ccc1O)C(=O)CI. The van der Waals surface area contributed by atoms with E-state index in [0.29, 0.717) is 28.4 Å². The van der Waals surface area contributed by atoms with E-state index in [1.807, 2.05) is 22.6 Å². The number of hydrogen-bond donors (Lipinski definition) is 3. The van der Waals surface area contributed by atoms with Gasteiger partial charge in [-0.2, -0.15) is 0 Å². The molecule has 0 saturated carbocycles. The quantitative estimate of drug-likeness (QED) is 0.339. The van der Waals surface area contributed by atoms with Crippen molar-refractivity contribution in [1.29, 1.82) is 0 Å². The van der Waals surface area contributed by atoms with Gasteiger partial charge in [0, 0.05) is 18.6 Å². The lowest BCUT2D eigenvalue weighted by Crippen LogP contribution is -2.31. The first-order valence-electron chi connectivity index (χ1n) is 6.10. The molecule has 0 amide bonds. The Hall–Kier alpha value is -1.29. The Morgan fingerprint density at radius 1 is 1.30 bits per heavy atom. The van der Waals surface area contributed by atoms with Crippen LogP contribution < -0.4 is 10.6 Å².